The van der Waals surface area contributed by atoms with Crippen LogP contribution in [0.4, 0.5) is 0 Å². The Morgan fingerprint density at radius 1 is 1.55 bits per heavy atom. The molecule has 0 bridgehead atoms. The molecule has 0 aromatic rings. The molecule has 0 aromatic carbocycles. The Kier molecular flexibility index (Phi) is 4.24. The highest BCUT2D eigenvalue weighted by atomic mass is 15.0. The van der Waals surface area contributed by atoms with Crippen LogP contribution in [-0.4, -0.2) is 25.7 Å². The molecular weight excluding hydrogens is 136 g/mol. The van der Waals surface area contributed by atoms with Crippen LogP contribution in [0.3, 0.4) is 0 Å². The summed E-state index contributed by atoms with van der Waals surface area (Å²) in [6, 6.07) is 0.603. The Labute approximate surface area is 69.1 Å². The SMILES string of the molecule is CC/C=C/CC1C[N]CCN1. The van der Waals surface area contributed by atoms with Crippen LogP contribution < -0.4 is 10.6 Å². The highest BCUT2D eigenvalue weighted by molar-refractivity contribution is 4.87. The molecule has 1 rings (SSSR count). The fourth-order valence-corrected chi connectivity index (χ4v) is 1.24. The molecule has 1 saturated heterocycles. The largest absolute Gasteiger partial charge is 0.311 e. The number of hydrogen-bond acceptors (Lipinski definition) is 1. The third-order valence-electron chi connectivity index (χ3n) is 1.88. The van der Waals surface area contributed by atoms with Gasteiger partial charge in [-0.05, 0) is 12.8 Å². The quantitative estimate of drug-likeness (QED) is 0.599. The number of nitrogens with zero attached hydrogens (tertiary/aromatic N) is 1. The summed E-state index contributed by atoms with van der Waals surface area (Å²) in [5.74, 6) is 0. The highest BCUT2D eigenvalue weighted by Gasteiger charge is 2.09. The van der Waals surface area contributed by atoms with Gasteiger partial charge in [0.15, 0.2) is 0 Å². The van der Waals surface area contributed by atoms with Crippen molar-refractivity contribution in [1.82, 2.24) is 10.6 Å². The molecule has 0 aliphatic carbocycles. The fourth-order valence-electron chi connectivity index (χ4n) is 1.24. The zero-order valence-corrected chi connectivity index (χ0v) is 7.21. The summed E-state index contributed by atoms with van der Waals surface area (Å²) in [6.45, 7) is 5.21. The molecule has 11 heavy (non-hydrogen) atoms. The third kappa shape index (κ3) is 3.54. The number of rotatable bonds is 3. The lowest BCUT2D eigenvalue weighted by Gasteiger charge is -2.21. The average molecular weight is 153 g/mol. The summed E-state index contributed by atoms with van der Waals surface area (Å²) < 4.78 is 0. The summed E-state index contributed by atoms with van der Waals surface area (Å²) in [7, 11) is 0. The first kappa shape index (κ1) is 8.75. The zero-order valence-electron chi connectivity index (χ0n) is 7.21. The second-order valence-corrected chi connectivity index (χ2v) is 2.90. The molecule has 0 saturated carbocycles. The van der Waals surface area contributed by atoms with Crippen LogP contribution in [-0.2, 0) is 0 Å². The maximum atomic E-state index is 4.34. The van der Waals surface area contributed by atoms with E-state index in [2.05, 4.69) is 29.7 Å². The van der Waals surface area contributed by atoms with Gasteiger partial charge in [-0.25, -0.2) is 5.32 Å². The van der Waals surface area contributed by atoms with E-state index < -0.39 is 0 Å². The second kappa shape index (κ2) is 5.33. The van der Waals surface area contributed by atoms with Crippen molar-refractivity contribution in [3.63, 3.8) is 0 Å². The van der Waals surface area contributed by atoms with E-state index in [9.17, 15) is 0 Å². The maximum Gasteiger partial charge on any atom is 0.0291 e. The van der Waals surface area contributed by atoms with Crippen LogP contribution >= 0.6 is 0 Å². The molecule has 2 heteroatoms. The summed E-state index contributed by atoms with van der Waals surface area (Å²) in [6.07, 6.45) is 6.75. The smallest absolute Gasteiger partial charge is 0.0291 e. The van der Waals surface area contributed by atoms with E-state index in [1.54, 1.807) is 0 Å². The Hall–Kier alpha value is -0.340. The van der Waals surface area contributed by atoms with E-state index in [4.69, 9.17) is 0 Å². The Morgan fingerprint density at radius 3 is 3.09 bits per heavy atom. The zero-order chi connectivity index (χ0) is 7.94. The van der Waals surface area contributed by atoms with Gasteiger partial charge in [-0.15, -0.1) is 0 Å². The summed E-state index contributed by atoms with van der Waals surface area (Å²) >= 11 is 0. The van der Waals surface area contributed by atoms with E-state index in [1.165, 1.54) is 0 Å². The van der Waals surface area contributed by atoms with Gasteiger partial charge in [0, 0.05) is 25.7 Å². The first-order valence-corrected chi connectivity index (χ1v) is 4.45. The normalized spacial score (nSPS) is 26.1. The van der Waals surface area contributed by atoms with Crippen LogP contribution in [0.2, 0.25) is 0 Å². The van der Waals surface area contributed by atoms with Crippen molar-refractivity contribution in [1.29, 1.82) is 0 Å². The van der Waals surface area contributed by atoms with E-state index in [1.807, 2.05) is 0 Å². The van der Waals surface area contributed by atoms with Gasteiger partial charge in [-0.2, -0.15) is 0 Å². The number of piperazine rings is 1. The lowest BCUT2D eigenvalue weighted by molar-refractivity contribution is 0.415. The third-order valence-corrected chi connectivity index (χ3v) is 1.88. The van der Waals surface area contributed by atoms with Gasteiger partial charge < -0.3 is 5.32 Å². The highest BCUT2D eigenvalue weighted by Crippen LogP contribution is 1.96. The first-order chi connectivity index (χ1) is 5.43. The van der Waals surface area contributed by atoms with Crippen molar-refractivity contribution >= 4 is 0 Å². The Bertz CT molecular complexity index is 115. The molecule has 1 fully saturated rings. The van der Waals surface area contributed by atoms with Crippen LogP contribution in [0.15, 0.2) is 12.2 Å². The lowest BCUT2D eigenvalue weighted by atomic mass is 10.1. The number of hydrogen-bond donors (Lipinski definition) is 1. The number of nitrogens with one attached hydrogen (secondary N) is 1. The minimum Gasteiger partial charge on any atom is -0.311 e. The van der Waals surface area contributed by atoms with Gasteiger partial charge >= 0.3 is 0 Å². The van der Waals surface area contributed by atoms with Gasteiger partial charge in [-0.1, -0.05) is 19.1 Å². The average Bonchev–Trinajstić information content (AvgIpc) is 2.07. The predicted octanol–water partition coefficient (Wildman–Crippen LogP) is 0.919. The van der Waals surface area contributed by atoms with Crippen molar-refractivity contribution in [2.24, 2.45) is 0 Å². The maximum absolute atomic E-state index is 4.34. The van der Waals surface area contributed by atoms with Gasteiger partial charge in [0.25, 0.3) is 0 Å². The summed E-state index contributed by atoms with van der Waals surface area (Å²) in [5, 5.41) is 7.77. The molecule has 0 spiro atoms. The van der Waals surface area contributed by atoms with Gasteiger partial charge in [-0.3, -0.25) is 0 Å². The second-order valence-electron chi connectivity index (χ2n) is 2.90. The summed E-state index contributed by atoms with van der Waals surface area (Å²) in [5.41, 5.74) is 0. The molecule has 1 radical (unpaired) electrons. The standard InChI is InChI=1S/C9H17N2/c1-2-3-4-5-9-8-10-6-7-11-9/h3-4,9,11H,2,5-8H2,1H3/b4-3+. The molecule has 2 nitrogen and oxygen atoms in total. The predicted molar refractivity (Wildman–Crippen MR) is 47.7 cm³/mol. The Morgan fingerprint density at radius 2 is 2.45 bits per heavy atom. The Balaban J connectivity index is 2.09. The molecule has 63 valence electrons. The molecule has 1 unspecified atom stereocenters. The van der Waals surface area contributed by atoms with Gasteiger partial charge in [0.1, 0.15) is 0 Å². The van der Waals surface area contributed by atoms with E-state index >= 15 is 0 Å². The minimum atomic E-state index is 0.603. The summed E-state index contributed by atoms with van der Waals surface area (Å²) in [4.78, 5) is 0. The van der Waals surface area contributed by atoms with Gasteiger partial charge in [0.2, 0.25) is 0 Å². The van der Waals surface area contributed by atoms with Gasteiger partial charge in [0.05, 0.1) is 0 Å². The lowest BCUT2D eigenvalue weighted by Crippen LogP contribution is -2.44. The topological polar surface area (TPSA) is 26.1 Å². The van der Waals surface area contributed by atoms with Crippen LogP contribution in [0.1, 0.15) is 19.8 Å². The van der Waals surface area contributed by atoms with Crippen molar-refractivity contribution in [2.45, 2.75) is 25.8 Å². The van der Waals surface area contributed by atoms with Crippen molar-refractivity contribution in [3.8, 4) is 0 Å². The fraction of sp³-hybridized carbons (Fsp3) is 0.778. The molecular formula is C9H17N2. The van der Waals surface area contributed by atoms with E-state index in [0.717, 1.165) is 32.5 Å². The van der Waals surface area contributed by atoms with Crippen molar-refractivity contribution in [2.75, 3.05) is 19.6 Å². The molecule has 1 aliphatic heterocycles. The molecule has 1 heterocycles. The molecule has 0 amide bonds. The first-order valence-electron chi connectivity index (χ1n) is 4.45. The minimum absolute atomic E-state index is 0.603. The molecule has 1 atom stereocenters. The monoisotopic (exact) mass is 153 g/mol. The molecule has 1 aliphatic rings. The van der Waals surface area contributed by atoms with E-state index in [-0.39, 0.29) is 0 Å². The molecule has 0 aromatic heterocycles. The number of allylic oxidation sites excluding steroid dienone is 1. The molecule has 1 N–H and O–H groups in total. The van der Waals surface area contributed by atoms with Crippen LogP contribution in [0.5, 0.6) is 0 Å². The van der Waals surface area contributed by atoms with Crippen LogP contribution in [0.25, 0.3) is 0 Å². The van der Waals surface area contributed by atoms with Crippen LogP contribution in [0, 0.1) is 0 Å². The van der Waals surface area contributed by atoms with Crippen molar-refractivity contribution in [3.05, 3.63) is 12.2 Å². The van der Waals surface area contributed by atoms with Crippen molar-refractivity contribution < 1.29 is 0 Å². The van der Waals surface area contributed by atoms with E-state index in [0.29, 0.717) is 6.04 Å².